The molecule has 2 aromatic carbocycles. The third kappa shape index (κ3) is 2.32. The van der Waals surface area contributed by atoms with Crippen molar-refractivity contribution in [1.82, 2.24) is 0 Å². The first-order chi connectivity index (χ1) is 9.65. The van der Waals surface area contributed by atoms with Crippen molar-refractivity contribution in [1.29, 1.82) is 0 Å². The lowest BCUT2D eigenvalue weighted by molar-refractivity contribution is -0.427. The molecular formula is C15H11BrN2O2. The topological polar surface area (TPSA) is 55.2 Å². The molecule has 0 saturated carbocycles. The SMILES string of the molecule is O=[N+]([O-])C1=Cc2ccccc2N[C@H]1c1ccc(Br)cc1. The van der Waals surface area contributed by atoms with E-state index in [1.807, 2.05) is 48.5 Å². The molecule has 1 atom stereocenters. The van der Waals surface area contributed by atoms with Gasteiger partial charge in [0.2, 0.25) is 0 Å². The second-order valence-electron chi connectivity index (χ2n) is 4.54. The minimum absolute atomic E-state index is 0.158. The summed E-state index contributed by atoms with van der Waals surface area (Å²) in [6.07, 6.45) is 1.64. The number of nitrogens with one attached hydrogen (secondary N) is 1. The highest BCUT2D eigenvalue weighted by Crippen LogP contribution is 2.35. The highest BCUT2D eigenvalue weighted by Gasteiger charge is 2.30. The van der Waals surface area contributed by atoms with Gasteiger partial charge in [-0.25, -0.2) is 0 Å². The van der Waals surface area contributed by atoms with Crippen molar-refractivity contribution < 1.29 is 4.92 Å². The van der Waals surface area contributed by atoms with Crippen LogP contribution in [-0.2, 0) is 0 Å². The quantitative estimate of drug-likeness (QED) is 0.662. The molecule has 1 aliphatic heterocycles. The Kier molecular flexibility index (Phi) is 3.28. The average molecular weight is 331 g/mol. The van der Waals surface area contributed by atoms with Crippen LogP contribution in [0.5, 0.6) is 0 Å². The molecule has 2 aromatic rings. The van der Waals surface area contributed by atoms with Crippen LogP contribution in [0.3, 0.4) is 0 Å². The van der Waals surface area contributed by atoms with E-state index in [1.165, 1.54) is 0 Å². The largest absolute Gasteiger partial charge is 0.368 e. The third-order valence-electron chi connectivity index (χ3n) is 3.27. The van der Waals surface area contributed by atoms with Gasteiger partial charge in [0.15, 0.2) is 0 Å². The first kappa shape index (κ1) is 12.9. The van der Waals surface area contributed by atoms with Crippen molar-refractivity contribution in [2.24, 2.45) is 0 Å². The summed E-state index contributed by atoms with van der Waals surface area (Å²) in [7, 11) is 0. The molecule has 0 spiro atoms. The van der Waals surface area contributed by atoms with Gasteiger partial charge in [-0.15, -0.1) is 0 Å². The lowest BCUT2D eigenvalue weighted by Crippen LogP contribution is -2.21. The second kappa shape index (κ2) is 5.09. The molecule has 0 radical (unpaired) electrons. The van der Waals surface area contributed by atoms with Gasteiger partial charge in [-0.1, -0.05) is 46.3 Å². The van der Waals surface area contributed by atoms with Gasteiger partial charge in [-0.05, 0) is 23.8 Å². The number of hydrogen-bond donors (Lipinski definition) is 1. The second-order valence-corrected chi connectivity index (χ2v) is 5.46. The Hall–Kier alpha value is -2.14. The summed E-state index contributed by atoms with van der Waals surface area (Å²) in [5.74, 6) is 0. The Morgan fingerprint density at radius 2 is 1.80 bits per heavy atom. The van der Waals surface area contributed by atoms with Gasteiger partial charge in [-0.2, -0.15) is 0 Å². The number of fused-ring (bicyclic) bond motifs is 1. The Morgan fingerprint density at radius 1 is 1.10 bits per heavy atom. The predicted octanol–water partition coefficient (Wildman–Crippen LogP) is 4.23. The van der Waals surface area contributed by atoms with Crippen LogP contribution in [0, 0.1) is 10.1 Å². The van der Waals surface area contributed by atoms with Crippen molar-refractivity contribution in [3.05, 3.63) is 79.9 Å². The number of anilines is 1. The van der Waals surface area contributed by atoms with Crippen LogP contribution in [0.4, 0.5) is 5.69 Å². The fraction of sp³-hybridized carbons (Fsp3) is 0.0667. The van der Waals surface area contributed by atoms with E-state index in [0.717, 1.165) is 21.3 Å². The molecule has 0 unspecified atom stereocenters. The van der Waals surface area contributed by atoms with Crippen molar-refractivity contribution in [2.45, 2.75) is 6.04 Å². The van der Waals surface area contributed by atoms with Crippen molar-refractivity contribution in [2.75, 3.05) is 5.32 Å². The number of nitro groups is 1. The van der Waals surface area contributed by atoms with Gasteiger partial charge >= 0.3 is 0 Å². The van der Waals surface area contributed by atoms with Gasteiger partial charge in [0.1, 0.15) is 6.04 Å². The number of rotatable bonds is 2. The number of benzene rings is 2. The summed E-state index contributed by atoms with van der Waals surface area (Å²) < 4.78 is 0.948. The van der Waals surface area contributed by atoms with E-state index in [4.69, 9.17) is 0 Å². The number of hydrogen-bond acceptors (Lipinski definition) is 3. The Morgan fingerprint density at radius 3 is 2.50 bits per heavy atom. The van der Waals surface area contributed by atoms with Crippen molar-refractivity contribution >= 4 is 27.7 Å². The van der Waals surface area contributed by atoms with Crippen LogP contribution < -0.4 is 5.32 Å². The Balaban J connectivity index is 2.08. The molecule has 1 N–H and O–H groups in total. The summed E-state index contributed by atoms with van der Waals surface area (Å²) >= 11 is 3.37. The van der Waals surface area contributed by atoms with Gasteiger partial charge in [0.05, 0.1) is 4.92 Å². The fourth-order valence-corrected chi connectivity index (χ4v) is 2.56. The minimum atomic E-state index is -0.437. The van der Waals surface area contributed by atoms with Crippen LogP contribution in [0.2, 0.25) is 0 Å². The minimum Gasteiger partial charge on any atom is -0.368 e. The molecule has 4 nitrogen and oxygen atoms in total. The van der Waals surface area contributed by atoms with Crippen LogP contribution in [0.1, 0.15) is 17.2 Å². The summed E-state index contributed by atoms with van der Waals surface area (Å²) in [5.41, 5.74) is 2.77. The van der Waals surface area contributed by atoms with E-state index in [9.17, 15) is 10.1 Å². The van der Waals surface area contributed by atoms with Crippen LogP contribution >= 0.6 is 15.9 Å². The van der Waals surface area contributed by atoms with E-state index in [-0.39, 0.29) is 10.6 Å². The standard InChI is InChI=1S/C15H11BrN2O2/c16-12-7-5-10(6-8-12)15-14(18(19)20)9-11-3-1-2-4-13(11)17-15/h1-9,15,17H/t15-/m0/s1. The normalized spacial score (nSPS) is 16.9. The Labute approximate surface area is 124 Å². The van der Waals surface area contributed by atoms with E-state index < -0.39 is 6.04 Å². The maximum atomic E-state index is 11.3. The highest BCUT2D eigenvalue weighted by atomic mass is 79.9. The molecule has 0 saturated heterocycles. The highest BCUT2D eigenvalue weighted by molar-refractivity contribution is 9.10. The summed E-state index contributed by atoms with van der Waals surface area (Å²) in [5, 5.41) is 14.5. The van der Waals surface area contributed by atoms with Crippen LogP contribution in [0.25, 0.3) is 6.08 Å². The monoisotopic (exact) mass is 330 g/mol. The zero-order valence-corrected chi connectivity index (χ0v) is 12.0. The molecule has 0 bridgehead atoms. The van der Waals surface area contributed by atoms with E-state index >= 15 is 0 Å². The maximum Gasteiger partial charge on any atom is 0.273 e. The van der Waals surface area contributed by atoms with Gasteiger partial charge in [0.25, 0.3) is 5.70 Å². The fourth-order valence-electron chi connectivity index (χ4n) is 2.29. The molecule has 0 amide bonds. The zero-order valence-electron chi connectivity index (χ0n) is 10.4. The molecule has 1 heterocycles. The zero-order chi connectivity index (χ0) is 14.1. The molecular weight excluding hydrogens is 320 g/mol. The molecule has 20 heavy (non-hydrogen) atoms. The van der Waals surface area contributed by atoms with Crippen LogP contribution in [0.15, 0.2) is 58.7 Å². The molecule has 1 aliphatic rings. The lowest BCUT2D eigenvalue weighted by Gasteiger charge is -2.23. The van der Waals surface area contributed by atoms with E-state index in [1.54, 1.807) is 6.08 Å². The smallest absolute Gasteiger partial charge is 0.273 e. The molecule has 3 rings (SSSR count). The van der Waals surface area contributed by atoms with Crippen molar-refractivity contribution in [3.63, 3.8) is 0 Å². The molecule has 0 fully saturated rings. The number of para-hydroxylation sites is 1. The van der Waals surface area contributed by atoms with E-state index in [0.29, 0.717) is 0 Å². The average Bonchev–Trinajstić information content (AvgIpc) is 2.46. The molecule has 0 aliphatic carbocycles. The third-order valence-corrected chi connectivity index (χ3v) is 3.80. The summed E-state index contributed by atoms with van der Waals surface area (Å²) in [4.78, 5) is 11.0. The first-order valence-corrected chi connectivity index (χ1v) is 6.91. The van der Waals surface area contributed by atoms with Gasteiger partial charge in [0, 0.05) is 21.8 Å². The van der Waals surface area contributed by atoms with Gasteiger partial charge < -0.3 is 5.32 Å². The number of halogens is 1. The van der Waals surface area contributed by atoms with Crippen molar-refractivity contribution in [3.8, 4) is 0 Å². The van der Waals surface area contributed by atoms with E-state index in [2.05, 4.69) is 21.2 Å². The predicted molar refractivity (Wildman–Crippen MR) is 81.9 cm³/mol. The maximum absolute atomic E-state index is 11.3. The molecule has 0 aromatic heterocycles. The number of nitrogens with zero attached hydrogens (tertiary/aromatic N) is 1. The molecule has 5 heteroatoms. The Bertz CT molecular complexity index is 695. The molecule has 100 valence electrons. The summed E-state index contributed by atoms with van der Waals surface area (Å²) in [6, 6.07) is 14.7. The van der Waals surface area contributed by atoms with Crippen LogP contribution in [-0.4, -0.2) is 4.92 Å². The van der Waals surface area contributed by atoms with Gasteiger partial charge in [-0.3, -0.25) is 10.1 Å². The summed E-state index contributed by atoms with van der Waals surface area (Å²) in [6.45, 7) is 0. The first-order valence-electron chi connectivity index (χ1n) is 6.12. The lowest BCUT2D eigenvalue weighted by atomic mass is 9.97.